The molecular weight excluding hydrogens is 180 g/mol. The third-order valence-electron chi connectivity index (χ3n) is 1.59. The molecule has 0 amide bonds. The number of aryl methyl sites for hydroxylation is 1. The molecule has 70 valence electrons. The Morgan fingerprint density at radius 1 is 1.54 bits per heavy atom. The Morgan fingerprint density at radius 2 is 2.15 bits per heavy atom. The molecule has 0 aliphatic rings. The molecule has 0 aliphatic heterocycles. The van der Waals surface area contributed by atoms with Crippen molar-refractivity contribution in [3.05, 3.63) is 33.2 Å². The lowest BCUT2D eigenvalue weighted by Crippen LogP contribution is -2.16. The van der Waals surface area contributed by atoms with E-state index in [-0.39, 0.29) is 6.29 Å². The van der Waals surface area contributed by atoms with Crippen molar-refractivity contribution in [2.24, 2.45) is 0 Å². The number of aromatic amines is 1. The lowest BCUT2D eigenvalue weighted by Gasteiger charge is -2.03. The molecule has 13 heavy (non-hydrogen) atoms. The highest BCUT2D eigenvalue weighted by Crippen LogP contribution is 2.19. The van der Waals surface area contributed by atoms with Crippen LogP contribution in [-0.2, 0) is 0 Å². The van der Waals surface area contributed by atoms with Crippen LogP contribution in [0.15, 0.2) is 10.9 Å². The number of carbonyl (C=O) groups is 1. The van der Waals surface area contributed by atoms with Crippen molar-refractivity contribution in [1.82, 2.24) is 4.98 Å². The summed E-state index contributed by atoms with van der Waals surface area (Å²) in [7, 11) is 0. The summed E-state index contributed by atoms with van der Waals surface area (Å²) in [6.07, 6.45) is -2.67. The van der Waals surface area contributed by atoms with Crippen LogP contribution in [0.5, 0.6) is 0 Å². The highest BCUT2D eigenvalue weighted by Gasteiger charge is 2.15. The van der Waals surface area contributed by atoms with Crippen molar-refractivity contribution >= 4 is 6.29 Å². The predicted molar refractivity (Wildman–Crippen MR) is 42.1 cm³/mol. The van der Waals surface area contributed by atoms with Gasteiger partial charge in [0.1, 0.15) is 0 Å². The van der Waals surface area contributed by atoms with Crippen LogP contribution < -0.4 is 5.56 Å². The Morgan fingerprint density at radius 3 is 2.62 bits per heavy atom. The van der Waals surface area contributed by atoms with Gasteiger partial charge in [-0.25, -0.2) is 8.78 Å². The zero-order chi connectivity index (χ0) is 10.0. The van der Waals surface area contributed by atoms with E-state index in [2.05, 4.69) is 4.98 Å². The summed E-state index contributed by atoms with van der Waals surface area (Å²) in [6, 6.07) is 1.09. The zero-order valence-electron chi connectivity index (χ0n) is 6.80. The van der Waals surface area contributed by atoms with Gasteiger partial charge in [-0.05, 0) is 13.0 Å². The fraction of sp³-hybridized carbons (Fsp3) is 0.250. The highest BCUT2D eigenvalue weighted by atomic mass is 19.3. The second kappa shape index (κ2) is 3.47. The summed E-state index contributed by atoms with van der Waals surface area (Å²) in [5.74, 6) is 0. The zero-order valence-corrected chi connectivity index (χ0v) is 6.80. The number of carbonyl (C=O) groups excluding carboxylic acids is 1. The Kier molecular flexibility index (Phi) is 2.55. The molecular formula is C8H7F2NO2. The quantitative estimate of drug-likeness (QED) is 0.712. The van der Waals surface area contributed by atoms with Gasteiger partial charge >= 0.3 is 0 Å². The Hall–Kier alpha value is -1.52. The Labute approximate surface area is 72.4 Å². The average Bonchev–Trinajstić information content (AvgIpc) is 2.02. The number of alkyl halides is 2. The molecule has 0 bridgehead atoms. The number of pyridine rings is 1. The van der Waals surface area contributed by atoms with Crippen LogP contribution in [0.3, 0.4) is 0 Å². The normalized spacial score (nSPS) is 10.5. The molecule has 0 radical (unpaired) electrons. The van der Waals surface area contributed by atoms with E-state index >= 15 is 0 Å². The summed E-state index contributed by atoms with van der Waals surface area (Å²) >= 11 is 0. The van der Waals surface area contributed by atoms with Gasteiger partial charge in [0.05, 0.1) is 5.56 Å². The van der Waals surface area contributed by atoms with Crippen LogP contribution in [-0.4, -0.2) is 11.3 Å². The molecule has 0 saturated carbocycles. The number of halogens is 2. The molecule has 3 nitrogen and oxygen atoms in total. The third kappa shape index (κ3) is 1.80. The van der Waals surface area contributed by atoms with Crippen molar-refractivity contribution in [2.45, 2.75) is 13.3 Å². The van der Waals surface area contributed by atoms with Gasteiger partial charge < -0.3 is 4.98 Å². The minimum Gasteiger partial charge on any atom is -0.326 e. The van der Waals surface area contributed by atoms with Crippen LogP contribution >= 0.6 is 0 Å². The van der Waals surface area contributed by atoms with Crippen molar-refractivity contribution < 1.29 is 13.6 Å². The van der Waals surface area contributed by atoms with E-state index < -0.39 is 23.1 Å². The van der Waals surface area contributed by atoms with Gasteiger partial charge in [0.2, 0.25) is 0 Å². The molecule has 0 aromatic carbocycles. The van der Waals surface area contributed by atoms with E-state index in [1.54, 1.807) is 0 Å². The molecule has 1 N–H and O–H groups in total. The third-order valence-corrected chi connectivity index (χ3v) is 1.59. The Bertz CT molecular complexity index is 384. The van der Waals surface area contributed by atoms with Crippen molar-refractivity contribution in [3.63, 3.8) is 0 Å². The first-order valence-electron chi connectivity index (χ1n) is 3.53. The molecule has 1 heterocycles. The monoisotopic (exact) mass is 187 g/mol. The van der Waals surface area contributed by atoms with Gasteiger partial charge in [-0.2, -0.15) is 0 Å². The van der Waals surface area contributed by atoms with E-state index in [0.717, 1.165) is 6.07 Å². The Balaban J connectivity index is 3.47. The van der Waals surface area contributed by atoms with Gasteiger partial charge in [0, 0.05) is 11.3 Å². The molecule has 1 aromatic heterocycles. The first-order valence-corrected chi connectivity index (χ1v) is 3.53. The van der Waals surface area contributed by atoms with Crippen LogP contribution in [0.4, 0.5) is 8.78 Å². The van der Waals surface area contributed by atoms with Gasteiger partial charge in [0.15, 0.2) is 6.29 Å². The van der Waals surface area contributed by atoms with E-state index in [1.807, 2.05) is 0 Å². The molecule has 0 saturated heterocycles. The van der Waals surface area contributed by atoms with Crippen molar-refractivity contribution in [1.29, 1.82) is 0 Å². The van der Waals surface area contributed by atoms with Crippen LogP contribution in [0.25, 0.3) is 0 Å². The second-order valence-electron chi connectivity index (χ2n) is 2.57. The van der Waals surface area contributed by atoms with Crippen LogP contribution in [0.2, 0.25) is 0 Å². The molecule has 1 aromatic rings. The SMILES string of the molecule is Cc1cc(C(F)F)c(C=O)c(=O)[nH]1. The van der Waals surface area contributed by atoms with Gasteiger partial charge in [-0.1, -0.05) is 0 Å². The molecule has 0 aliphatic carbocycles. The smallest absolute Gasteiger partial charge is 0.264 e. The minimum absolute atomic E-state index is 0.139. The number of aldehydes is 1. The number of nitrogens with one attached hydrogen (secondary N) is 1. The number of hydrogen-bond donors (Lipinski definition) is 1. The summed E-state index contributed by atoms with van der Waals surface area (Å²) in [5.41, 5.74) is -1.48. The van der Waals surface area contributed by atoms with E-state index in [4.69, 9.17) is 0 Å². The molecule has 1 rings (SSSR count). The average molecular weight is 187 g/mol. The molecule has 0 unspecified atom stereocenters. The largest absolute Gasteiger partial charge is 0.326 e. The predicted octanol–water partition coefficient (Wildman–Crippen LogP) is 1.43. The molecule has 0 spiro atoms. The molecule has 5 heteroatoms. The molecule has 0 atom stereocenters. The van der Waals surface area contributed by atoms with E-state index in [0.29, 0.717) is 5.69 Å². The maximum Gasteiger partial charge on any atom is 0.264 e. The highest BCUT2D eigenvalue weighted by molar-refractivity contribution is 5.76. The minimum atomic E-state index is -2.80. The summed E-state index contributed by atoms with van der Waals surface area (Å²) in [4.78, 5) is 23.6. The summed E-state index contributed by atoms with van der Waals surface area (Å²) in [6.45, 7) is 1.47. The number of H-pyrrole nitrogens is 1. The van der Waals surface area contributed by atoms with Gasteiger partial charge in [-0.3, -0.25) is 9.59 Å². The van der Waals surface area contributed by atoms with Gasteiger partial charge in [0.25, 0.3) is 12.0 Å². The number of hydrogen-bond acceptors (Lipinski definition) is 2. The second-order valence-corrected chi connectivity index (χ2v) is 2.57. The van der Waals surface area contributed by atoms with Gasteiger partial charge in [-0.15, -0.1) is 0 Å². The van der Waals surface area contributed by atoms with Crippen molar-refractivity contribution in [2.75, 3.05) is 0 Å². The maximum atomic E-state index is 12.3. The first kappa shape index (κ1) is 9.57. The number of aromatic nitrogens is 1. The summed E-state index contributed by atoms with van der Waals surface area (Å²) in [5, 5.41) is 0. The van der Waals surface area contributed by atoms with E-state index in [9.17, 15) is 18.4 Å². The first-order chi connectivity index (χ1) is 6.06. The molecule has 0 fully saturated rings. The van der Waals surface area contributed by atoms with Crippen LogP contribution in [0.1, 0.15) is 28.0 Å². The lowest BCUT2D eigenvalue weighted by atomic mass is 10.1. The fourth-order valence-corrected chi connectivity index (χ4v) is 1.03. The lowest BCUT2D eigenvalue weighted by molar-refractivity contribution is 0.110. The maximum absolute atomic E-state index is 12.3. The van der Waals surface area contributed by atoms with Crippen LogP contribution in [0, 0.1) is 6.92 Å². The fourth-order valence-electron chi connectivity index (χ4n) is 1.03. The van der Waals surface area contributed by atoms with Crippen molar-refractivity contribution in [3.8, 4) is 0 Å². The standard InChI is InChI=1S/C8H7F2NO2/c1-4-2-5(7(9)10)6(3-12)8(13)11-4/h2-3,7H,1H3,(H,11,13). The van der Waals surface area contributed by atoms with E-state index in [1.165, 1.54) is 6.92 Å². The number of rotatable bonds is 2. The summed E-state index contributed by atoms with van der Waals surface area (Å²) < 4.78 is 24.5. The topological polar surface area (TPSA) is 49.9 Å².